The van der Waals surface area contributed by atoms with Gasteiger partial charge in [-0.3, -0.25) is 9.88 Å². The molecule has 2 aromatic heterocycles. The Morgan fingerprint density at radius 3 is 3.15 bits per heavy atom. The molecule has 0 N–H and O–H groups in total. The van der Waals surface area contributed by atoms with Crippen molar-refractivity contribution in [2.24, 2.45) is 5.92 Å². The molecule has 20 heavy (non-hydrogen) atoms. The van der Waals surface area contributed by atoms with Crippen molar-refractivity contribution in [3.05, 3.63) is 46.2 Å². The highest BCUT2D eigenvalue weighted by atomic mass is 32.1. The highest BCUT2D eigenvalue weighted by molar-refractivity contribution is 7.09. The average molecular weight is 287 g/mol. The first-order chi connectivity index (χ1) is 9.79. The van der Waals surface area contributed by atoms with Crippen LogP contribution in [0.1, 0.15) is 29.1 Å². The maximum Gasteiger partial charge on any atom is 0.0897 e. The Balaban J connectivity index is 1.56. The van der Waals surface area contributed by atoms with E-state index in [9.17, 15) is 0 Å². The van der Waals surface area contributed by atoms with Crippen molar-refractivity contribution in [1.29, 1.82) is 0 Å². The number of rotatable bonds is 4. The van der Waals surface area contributed by atoms with Crippen molar-refractivity contribution >= 4 is 11.3 Å². The number of hydrogen-bond donors (Lipinski definition) is 0. The monoisotopic (exact) mass is 287 g/mol. The molecule has 2 aromatic rings. The fourth-order valence-electron chi connectivity index (χ4n) is 3.02. The maximum atomic E-state index is 4.58. The van der Waals surface area contributed by atoms with Crippen LogP contribution >= 0.6 is 11.3 Å². The second-order valence-corrected chi connectivity index (χ2v) is 6.73. The first-order valence-electron chi connectivity index (χ1n) is 7.32. The van der Waals surface area contributed by atoms with Crippen LogP contribution in [0.3, 0.4) is 0 Å². The molecule has 1 aliphatic heterocycles. The Labute approximate surface area is 124 Å². The van der Waals surface area contributed by atoms with Crippen LogP contribution in [-0.2, 0) is 13.0 Å². The molecule has 4 heteroatoms. The molecule has 1 aliphatic rings. The average Bonchev–Trinajstić information content (AvgIpc) is 2.86. The minimum atomic E-state index is 0.757. The summed E-state index contributed by atoms with van der Waals surface area (Å²) in [6.45, 7) is 5.48. The van der Waals surface area contributed by atoms with Gasteiger partial charge in [-0.25, -0.2) is 4.98 Å². The Bertz CT molecular complexity index is 538. The van der Waals surface area contributed by atoms with Crippen molar-refractivity contribution in [3.8, 4) is 0 Å². The molecule has 0 aliphatic carbocycles. The molecule has 0 amide bonds. The molecule has 0 bridgehead atoms. The van der Waals surface area contributed by atoms with Gasteiger partial charge in [0, 0.05) is 30.9 Å². The van der Waals surface area contributed by atoms with Crippen LogP contribution in [0.15, 0.2) is 29.9 Å². The van der Waals surface area contributed by atoms with E-state index in [1.54, 1.807) is 11.3 Å². The van der Waals surface area contributed by atoms with Gasteiger partial charge < -0.3 is 0 Å². The van der Waals surface area contributed by atoms with E-state index in [0.717, 1.165) is 18.9 Å². The van der Waals surface area contributed by atoms with Crippen molar-refractivity contribution in [2.75, 3.05) is 13.1 Å². The van der Waals surface area contributed by atoms with Gasteiger partial charge in [0.25, 0.3) is 0 Å². The van der Waals surface area contributed by atoms with E-state index in [1.807, 2.05) is 18.5 Å². The van der Waals surface area contributed by atoms with E-state index < -0.39 is 0 Å². The molecule has 0 radical (unpaired) electrons. The summed E-state index contributed by atoms with van der Waals surface area (Å²) >= 11 is 1.75. The Morgan fingerprint density at radius 1 is 1.45 bits per heavy atom. The Hall–Kier alpha value is -1.26. The van der Waals surface area contributed by atoms with Gasteiger partial charge in [-0.05, 0) is 50.3 Å². The summed E-state index contributed by atoms with van der Waals surface area (Å²) in [6.07, 6.45) is 7.64. The molecule has 1 atom stereocenters. The second-order valence-electron chi connectivity index (χ2n) is 5.67. The third-order valence-electron chi connectivity index (χ3n) is 3.90. The van der Waals surface area contributed by atoms with Crippen LogP contribution in [0.2, 0.25) is 0 Å². The number of nitrogens with zero attached hydrogens (tertiary/aromatic N) is 3. The van der Waals surface area contributed by atoms with Crippen LogP contribution in [0.5, 0.6) is 0 Å². The molecule has 3 rings (SSSR count). The van der Waals surface area contributed by atoms with Gasteiger partial charge in [0.2, 0.25) is 0 Å². The third-order valence-corrected chi connectivity index (χ3v) is 4.72. The van der Waals surface area contributed by atoms with Gasteiger partial charge in [0.15, 0.2) is 0 Å². The number of aryl methyl sites for hydroxylation is 1. The SMILES string of the molecule is Cc1nc(CN2CCCC(Cc3cccnc3)C2)cs1. The standard InChI is InChI=1S/C16H21N3S/c1-13-18-16(12-20-13)11-19-7-3-5-15(10-19)8-14-4-2-6-17-9-14/h2,4,6,9,12,15H,3,5,7-8,10-11H2,1H3. The number of thiazole rings is 1. The summed E-state index contributed by atoms with van der Waals surface area (Å²) in [5.41, 5.74) is 2.60. The van der Waals surface area contributed by atoms with Gasteiger partial charge in [-0.2, -0.15) is 0 Å². The van der Waals surface area contributed by atoms with E-state index in [-0.39, 0.29) is 0 Å². The molecule has 0 saturated carbocycles. The summed E-state index contributed by atoms with van der Waals surface area (Å²) in [4.78, 5) is 11.4. The first kappa shape index (κ1) is 13.7. The largest absolute Gasteiger partial charge is 0.297 e. The quantitative estimate of drug-likeness (QED) is 0.864. The van der Waals surface area contributed by atoms with Gasteiger partial charge >= 0.3 is 0 Å². The van der Waals surface area contributed by atoms with Crippen LogP contribution in [-0.4, -0.2) is 28.0 Å². The van der Waals surface area contributed by atoms with Crippen LogP contribution in [0, 0.1) is 12.8 Å². The van der Waals surface area contributed by atoms with E-state index in [2.05, 4.69) is 33.2 Å². The minimum absolute atomic E-state index is 0.757. The third kappa shape index (κ3) is 3.64. The minimum Gasteiger partial charge on any atom is -0.297 e. The predicted molar refractivity (Wildman–Crippen MR) is 82.8 cm³/mol. The summed E-state index contributed by atoms with van der Waals surface area (Å²) in [6, 6.07) is 4.23. The van der Waals surface area contributed by atoms with Crippen LogP contribution in [0.4, 0.5) is 0 Å². The molecule has 1 unspecified atom stereocenters. The van der Waals surface area contributed by atoms with E-state index >= 15 is 0 Å². The number of aromatic nitrogens is 2. The lowest BCUT2D eigenvalue weighted by molar-refractivity contribution is 0.165. The van der Waals surface area contributed by atoms with Gasteiger partial charge in [-0.15, -0.1) is 11.3 Å². The Kier molecular flexibility index (Phi) is 4.43. The fraction of sp³-hybridized carbons (Fsp3) is 0.500. The van der Waals surface area contributed by atoms with Gasteiger partial charge in [-0.1, -0.05) is 6.07 Å². The molecule has 1 saturated heterocycles. The van der Waals surface area contributed by atoms with Crippen molar-refractivity contribution in [1.82, 2.24) is 14.9 Å². The zero-order chi connectivity index (χ0) is 13.8. The summed E-state index contributed by atoms with van der Waals surface area (Å²) < 4.78 is 0. The predicted octanol–water partition coefficient (Wildman–Crippen LogP) is 3.30. The van der Waals surface area contributed by atoms with E-state index in [4.69, 9.17) is 0 Å². The van der Waals surface area contributed by atoms with Crippen molar-refractivity contribution < 1.29 is 0 Å². The lowest BCUT2D eigenvalue weighted by Crippen LogP contribution is -2.35. The number of pyridine rings is 1. The van der Waals surface area contributed by atoms with E-state index in [0.29, 0.717) is 0 Å². The fourth-order valence-corrected chi connectivity index (χ4v) is 3.63. The Morgan fingerprint density at radius 2 is 2.40 bits per heavy atom. The van der Waals surface area contributed by atoms with Crippen molar-refractivity contribution in [3.63, 3.8) is 0 Å². The molecular formula is C16H21N3S. The number of piperidine rings is 1. The van der Waals surface area contributed by atoms with Gasteiger partial charge in [0.1, 0.15) is 0 Å². The number of likely N-dealkylation sites (tertiary alicyclic amines) is 1. The first-order valence-corrected chi connectivity index (χ1v) is 8.20. The van der Waals surface area contributed by atoms with Crippen LogP contribution in [0.25, 0.3) is 0 Å². The summed E-state index contributed by atoms with van der Waals surface area (Å²) in [5.74, 6) is 0.757. The molecule has 106 valence electrons. The molecule has 0 spiro atoms. The zero-order valence-electron chi connectivity index (χ0n) is 12.0. The molecule has 1 fully saturated rings. The summed E-state index contributed by atoms with van der Waals surface area (Å²) in [7, 11) is 0. The molecule has 0 aromatic carbocycles. The molecular weight excluding hydrogens is 266 g/mol. The highest BCUT2D eigenvalue weighted by Crippen LogP contribution is 2.22. The van der Waals surface area contributed by atoms with E-state index in [1.165, 1.54) is 42.2 Å². The maximum absolute atomic E-state index is 4.58. The van der Waals surface area contributed by atoms with Gasteiger partial charge in [0.05, 0.1) is 10.7 Å². The second kappa shape index (κ2) is 6.46. The molecule has 3 heterocycles. The van der Waals surface area contributed by atoms with Crippen LogP contribution < -0.4 is 0 Å². The lowest BCUT2D eigenvalue weighted by atomic mass is 9.92. The highest BCUT2D eigenvalue weighted by Gasteiger charge is 2.20. The molecule has 3 nitrogen and oxygen atoms in total. The van der Waals surface area contributed by atoms with Crippen molar-refractivity contribution in [2.45, 2.75) is 32.7 Å². The zero-order valence-corrected chi connectivity index (χ0v) is 12.8. The normalized spacial score (nSPS) is 20.1. The lowest BCUT2D eigenvalue weighted by Gasteiger charge is -2.32. The summed E-state index contributed by atoms with van der Waals surface area (Å²) in [5, 5.41) is 3.36. The smallest absolute Gasteiger partial charge is 0.0897 e. The topological polar surface area (TPSA) is 29.0 Å². The number of hydrogen-bond acceptors (Lipinski definition) is 4.